The predicted molar refractivity (Wildman–Crippen MR) is 157 cm³/mol. The van der Waals surface area contributed by atoms with Crippen molar-refractivity contribution in [3.8, 4) is 0 Å². The minimum absolute atomic E-state index is 0.00469. The van der Waals surface area contributed by atoms with E-state index in [9.17, 15) is 24.3 Å². The first-order valence-corrected chi connectivity index (χ1v) is 13.3. The molecule has 41 heavy (non-hydrogen) atoms. The highest BCUT2D eigenvalue weighted by Gasteiger charge is 2.25. The number of carbonyl (C=O) groups excluding carboxylic acids is 3. The van der Waals surface area contributed by atoms with E-state index in [1.54, 1.807) is 36.4 Å². The second-order valence-electron chi connectivity index (χ2n) is 8.79. The van der Waals surface area contributed by atoms with Crippen LogP contribution in [-0.4, -0.2) is 67.1 Å². The lowest BCUT2D eigenvalue weighted by Crippen LogP contribution is -2.50. The topological polar surface area (TPSA) is 158 Å². The number of rotatable bonds is 11. The van der Waals surface area contributed by atoms with Gasteiger partial charge >= 0.3 is 5.97 Å². The molecule has 1 atom stereocenters. The number of ether oxygens (including phenoxy) is 1. The third kappa shape index (κ3) is 9.09. The number of halogens is 2. The van der Waals surface area contributed by atoms with E-state index in [0.717, 1.165) is 6.42 Å². The van der Waals surface area contributed by atoms with Crippen LogP contribution >= 0.6 is 23.2 Å². The van der Waals surface area contributed by atoms with E-state index >= 15 is 0 Å². The summed E-state index contributed by atoms with van der Waals surface area (Å²) in [6.07, 6.45) is 4.35. The average molecular weight is 602 g/mol. The first-order chi connectivity index (χ1) is 19.6. The van der Waals surface area contributed by atoms with Crippen LogP contribution in [0.5, 0.6) is 0 Å². The fourth-order valence-corrected chi connectivity index (χ4v) is 4.30. The molecular weight excluding hydrogens is 573 g/mol. The summed E-state index contributed by atoms with van der Waals surface area (Å²) in [6.45, 7) is 6.02. The summed E-state index contributed by atoms with van der Waals surface area (Å²) in [5, 5.41) is 19.7. The van der Waals surface area contributed by atoms with Crippen LogP contribution in [0.25, 0.3) is 5.57 Å². The number of aliphatic imine (C=N–C) groups is 1. The number of amides is 3. The molecule has 11 nitrogen and oxygen atoms in total. The standard InChI is InChI=1S/C28H29Cl2N5O6/c1-3-6-16(2)18-12-20(29)24(21(30)13-18)26(38)35-22(27(39)40)14-32-23(36)15-33-25(37)17-7-4-8-19(11-17)34-28-31-9-5-10-41-28/h3-4,6-8,11-13,22H,2,5,9-10,14-15H2,1H3,(H,31,34)(H,32,36)(H,33,37)(H,35,38)(H,39,40)/b6-3-/t22-/m1/s1. The van der Waals surface area contributed by atoms with Gasteiger partial charge in [-0.3, -0.25) is 14.4 Å². The Morgan fingerprint density at radius 2 is 1.83 bits per heavy atom. The third-order valence-electron chi connectivity index (χ3n) is 5.70. The van der Waals surface area contributed by atoms with Crippen LogP contribution < -0.4 is 21.3 Å². The van der Waals surface area contributed by atoms with Crippen molar-refractivity contribution in [1.29, 1.82) is 0 Å². The lowest BCUT2D eigenvalue weighted by atomic mass is 10.0. The normalized spacial score (nSPS) is 13.4. The Balaban J connectivity index is 1.54. The zero-order chi connectivity index (χ0) is 29.9. The third-order valence-corrected chi connectivity index (χ3v) is 6.29. The van der Waals surface area contributed by atoms with Crippen molar-refractivity contribution in [1.82, 2.24) is 16.0 Å². The molecule has 0 aromatic heterocycles. The van der Waals surface area contributed by atoms with Crippen molar-refractivity contribution in [2.45, 2.75) is 19.4 Å². The number of aliphatic carboxylic acids is 1. The SMILES string of the molecule is C=C(/C=C\C)c1cc(Cl)c(C(=O)N[C@H](CNC(=O)CNC(=O)c2cccc(NC3=NCCCO3)c2)C(=O)O)c(Cl)c1. The maximum Gasteiger partial charge on any atom is 0.328 e. The molecule has 3 amide bonds. The van der Waals surface area contributed by atoms with Crippen molar-refractivity contribution in [2.75, 3.05) is 31.6 Å². The fraction of sp³-hybridized carbons (Fsp3) is 0.250. The van der Waals surface area contributed by atoms with E-state index in [1.165, 1.54) is 12.1 Å². The van der Waals surface area contributed by atoms with Crippen molar-refractivity contribution in [3.05, 3.63) is 81.9 Å². The number of benzene rings is 2. The molecule has 0 radical (unpaired) electrons. The minimum atomic E-state index is -1.50. The number of carboxylic acids is 1. The summed E-state index contributed by atoms with van der Waals surface area (Å²) >= 11 is 12.5. The van der Waals surface area contributed by atoms with E-state index in [0.29, 0.717) is 36.0 Å². The molecule has 13 heteroatoms. The van der Waals surface area contributed by atoms with Crippen molar-refractivity contribution in [3.63, 3.8) is 0 Å². The Morgan fingerprint density at radius 1 is 1.10 bits per heavy atom. The number of allylic oxidation sites excluding steroid dienone is 3. The zero-order valence-corrected chi connectivity index (χ0v) is 23.6. The molecule has 2 aromatic carbocycles. The molecule has 1 heterocycles. The number of nitrogens with zero attached hydrogens (tertiary/aromatic N) is 1. The lowest BCUT2D eigenvalue weighted by Gasteiger charge is -2.17. The minimum Gasteiger partial charge on any atom is -0.480 e. The van der Waals surface area contributed by atoms with Gasteiger partial charge in [-0.2, -0.15) is 0 Å². The Morgan fingerprint density at radius 3 is 2.46 bits per heavy atom. The van der Waals surface area contributed by atoms with Crippen LogP contribution in [0.4, 0.5) is 5.69 Å². The Kier molecular flexibility index (Phi) is 11.3. The van der Waals surface area contributed by atoms with Crippen LogP contribution in [-0.2, 0) is 14.3 Å². The summed E-state index contributed by atoms with van der Waals surface area (Å²) in [6, 6.07) is 8.39. The highest BCUT2D eigenvalue weighted by molar-refractivity contribution is 6.40. The molecule has 3 rings (SSSR count). The highest BCUT2D eigenvalue weighted by Crippen LogP contribution is 2.30. The monoisotopic (exact) mass is 601 g/mol. The van der Waals surface area contributed by atoms with Gasteiger partial charge in [0.25, 0.3) is 17.8 Å². The van der Waals surface area contributed by atoms with Crippen LogP contribution in [0.2, 0.25) is 10.0 Å². The van der Waals surface area contributed by atoms with Crippen LogP contribution in [0, 0.1) is 0 Å². The molecule has 0 spiro atoms. The summed E-state index contributed by atoms with van der Waals surface area (Å²) in [5.41, 5.74) is 1.96. The van der Waals surface area contributed by atoms with Crippen LogP contribution in [0.3, 0.4) is 0 Å². The molecule has 1 aliphatic rings. The molecule has 0 saturated heterocycles. The van der Waals surface area contributed by atoms with Gasteiger partial charge < -0.3 is 31.1 Å². The second kappa shape index (κ2) is 14.9. The maximum atomic E-state index is 12.8. The molecule has 0 bridgehead atoms. The molecular formula is C28H29Cl2N5O6. The summed E-state index contributed by atoms with van der Waals surface area (Å²) < 4.78 is 5.41. The van der Waals surface area contributed by atoms with Crippen molar-refractivity contribution < 1.29 is 29.0 Å². The van der Waals surface area contributed by atoms with Crippen molar-refractivity contribution in [2.24, 2.45) is 4.99 Å². The molecule has 0 saturated carbocycles. The zero-order valence-electron chi connectivity index (χ0n) is 22.1. The molecule has 2 aromatic rings. The average Bonchev–Trinajstić information content (AvgIpc) is 2.94. The van der Waals surface area contributed by atoms with E-state index < -0.39 is 42.8 Å². The van der Waals surface area contributed by atoms with Gasteiger partial charge in [0.05, 0.1) is 28.8 Å². The first kappa shape index (κ1) is 31.2. The second-order valence-corrected chi connectivity index (χ2v) is 9.60. The maximum absolute atomic E-state index is 12.8. The van der Waals surface area contributed by atoms with Crippen LogP contribution in [0.1, 0.15) is 39.6 Å². The van der Waals surface area contributed by atoms with Gasteiger partial charge in [0.15, 0.2) is 0 Å². The number of anilines is 1. The molecule has 1 aliphatic heterocycles. The van der Waals surface area contributed by atoms with Gasteiger partial charge in [0.2, 0.25) is 5.91 Å². The molecule has 0 unspecified atom stereocenters. The Labute approximate surface area is 246 Å². The van der Waals surface area contributed by atoms with Gasteiger partial charge in [-0.1, -0.05) is 48.0 Å². The Hall–Kier alpha value is -4.35. The van der Waals surface area contributed by atoms with Gasteiger partial charge in [0.1, 0.15) is 6.04 Å². The lowest BCUT2D eigenvalue weighted by molar-refractivity contribution is -0.139. The van der Waals surface area contributed by atoms with Gasteiger partial charge in [-0.05, 0) is 48.4 Å². The number of carboxylic acid groups (broad SMARTS) is 1. The predicted octanol–water partition coefficient (Wildman–Crippen LogP) is 3.50. The number of carbonyl (C=O) groups is 4. The fourth-order valence-electron chi connectivity index (χ4n) is 3.64. The van der Waals surface area contributed by atoms with E-state index in [1.807, 2.05) is 6.92 Å². The first-order valence-electron chi connectivity index (χ1n) is 12.5. The molecule has 0 fully saturated rings. The van der Waals surface area contributed by atoms with E-state index in [-0.39, 0.29) is 21.2 Å². The number of hydrogen-bond acceptors (Lipinski definition) is 7. The summed E-state index contributed by atoms with van der Waals surface area (Å²) in [5.74, 6) is -3.43. The van der Waals surface area contributed by atoms with E-state index in [4.69, 9.17) is 27.9 Å². The quantitative estimate of drug-likeness (QED) is 0.246. The van der Waals surface area contributed by atoms with E-state index in [2.05, 4.69) is 32.8 Å². The smallest absolute Gasteiger partial charge is 0.328 e. The molecule has 5 N–H and O–H groups in total. The number of nitrogens with one attached hydrogen (secondary N) is 4. The number of hydrogen-bond donors (Lipinski definition) is 5. The van der Waals surface area contributed by atoms with Crippen LogP contribution in [0.15, 0.2) is 60.1 Å². The summed E-state index contributed by atoms with van der Waals surface area (Å²) in [4.78, 5) is 53.6. The number of amidine groups is 1. The summed E-state index contributed by atoms with van der Waals surface area (Å²) in [7, 11) is 0. The molecule has 216 valence electrons. The molecule has 0 aliphatic carbocycles. The van der Waals surface area contributed by atoms with Gasteiger partial charge in [-0.15, -0.1) is 0 Å². The Bertz CT molecular complexity index is 1390. The van der Waals surface area contributed by atoms with Gasteiger partial charge in [0, 0.05) is 30.8 Å². The largest absolute Gasteiger partial charge is 0.480 e. The van der Waals surface area contributed by atoms with Gasteiger partial charge in [-0.25, -0.2) is 9.79 Å². The van der Waals surface area contributed by atoms with Crippen molar-refractivity contribution >= 4 is 64.2 Å². The highest BCUT2D eigenvalue weighted by atomic mass is 35.5.